The van der Waals surface area contributed by atoms with Crippen molar-refractivity contribution in [2.24, 2.45) is 0 Å². The van der Waals surface area contributed by atoms with Crippen molar-refractivity contribution in [1.82, 2.24) is 0 Å². The lowest BCUT2D eigenvalue weighted by Crippen LogP contribution is -2.37. The van der Waals surface area contributed by atoms with Gasteiger partial charge in [0.15, 0.2) is 12.7 Å². The smallest absolute Gasteiger partial charge is 0.347 e. The van der Waals surface area contributed by atoms with Gasteiger partial charge in [-0.15, -0.1) is 0 Å². The summed E-state index contributed by atoms with van der Waals surface area (Å²) in [6.45, 7) is 5.16. The maximum absolute atomic E-state index is 12.7. The van der Waals surface area contributed by atoms with E-state index in [4.69, 9.17) is 26.3 Å². The molecular formula is C22H23ClN2O4. The monoisotopic (exact) mass is 414 g/mol. The number of halogens is 1. The molecule has 2 aromatic rings. The Bertz CT molecular complexity index is 903. The van der Waals surface area contributed by atoms with Crippen LogP contribution in [0.1, 0.15) is 24.5 Å². The van der Waals surface area contributed by atoms with Crippen LogP contribution in [0.5, 0.6) is 5.75 Å². The molecule has 0 aliphatic heterocycles. The molecule has 0 aromatic heterocycles. The highest BCUT2D eigenvalue weighted by Crippen LogP contribution is 2.20. The van der Waals surface area contributed by atoms with Crippen molar-refractivity contribution in [3.63, 3.8) is 0 Å². The Morgan fingerprint density at radius 2 is 1.86 bits per heavy atom. The third-order valence-corrected chi connectivity index (χ3v) is 4.28. The first kappa shape index (κ1) is 22.3. The molecule has 152 valence electrons. The molecule has 7 heteroatoms. The van der Waals surface area contributed by atoms with Crippen LogP contribution in [0.25, 0.3) is 0 Å². The number of carbonyl (C=O) groups is 2. The van der Waals surface area contributed by atoms with E-state index in [1.54, 1.807) is 24.3 Å². The van der Waals surface area contributed by atoms with Crippen molar-refractivity contribution in [1.29, 1.82) is 5.26 Å². The Morgan fingerprint density at radius 1 is 1.17 bits per heavy atom. The highest BCUT2D eigenvalue weighted by atomic mass is 35.5. The zero-order valence-electron chi connectivity index (χ0n) is 16.6. The standard InChI is InChI=1S/C22H23ClN2O4/c1-15-10-16(2)12-19(11-15)25(9-5-8-24)21(26)14-28-22(27)17(3)29-20-7-4-6-18(23)13-20/h4,6-7,10-13,17H,5,9,14H2,1-3H3. The number of anilines is 1. The molecule has 1 unspecified atom stereocenters. The van der Waals surface area contributed by atoms with E-state index in [9.17, 15) is 9.59 Å². The highest BCUT2D eigenvalue weighted by molar-refractivity contribution is 6.30. The van der Waals surface area contributed by atoms with Crippen LogP contribution in [-0.2, 0) is 14.3 Å². The van der Waals surface area contributed by atoms with Gasteiger partial charge in [-0.05, 0) is 62.2 Å². The second-order valence-corrected chi connectivity index (χ2v) is 7.06. The summed E-state index contributed by atoms with van der Waals surface area (Å²) < 4.78 is 10.6. The summed E-state index contributed by atoms with van der Waals surface area (Å²) in [5.74, 6) is -0.647. The Hall–Kier alpha value is -3.04. The molecular weight excluding hydrogens is 392 g/mol. The van der Waals surface area contributed by atoms with Crippen LogP contribution in [0.3, 0.4) is 0 Å². The van der Waals surface area contributed by atoms with Crippen LogP contribution in [0.2, 0.25) is 5.02 Å². The lowest BCUT2D eigenvalue weighted by Gasteiger charge is -2.23. The average molecular weight is 415 g/mol. The number of rotatable bonds is 8. The largest absolute Gasteiger partial charge is 0.479 e. The number of hydrogen-bond donors (Lipinski definition) is 0. The maximum atomic E-state index is 12.7. The minimum atomic E-state index is -0.907. The first-order valence-electron chi connectivity index (χ1n) is 9.14. The second-order valence-electron chi connectivity index (χ2n) is 6.62. The van der Waals surface area contributed by atoms with Crippen LogP contribution in [0.15, 0.2) is 42.5 Å². The minimum Gasteiger partial charge on any atom is -0.479 e. The maximum Gasteiger partial charge on any atom is 0.347 e. The van der Waals surface area contributed by atoms with E-state index in [1.165, 1.54) is 11.8 Å². The molecule has 0 N–H and O–H groups in total. The van der Waals surface area contributed by atoms with Gasteiger partial charge in [-0.1, -0.05) is 23.7 Å². The number of carbonyl (C=O) groups excluding carboxylic acids is 2. The van der Waals surface area contributed by atoms with Crippen LogP contribution in [-0.4, -0.2) is 31.1 Å². The van der Waals surface area contributed by atoms with Crippen LogP contribution < -0.4 is 9.64 Å². The van der Waals surface area contributed by atoms with E-state index < -0.39 is 24.6 Å². The van der Waals surface area contributed by atoms with Crippen molar-refractivity contribution in [3.8, 4) is 11.8 Å². The molecule has 0 saturated carbocycles. The number of esters is 1. The number of benzene rings is 2. The van der Waals surface area contributed by atoms with Crippen molar-refractivity contribution in [3.05, 3.63) is 58.6 Å². The van der Waals surface area contributed by atoms with Crippen molar-refractivity contribution in [2.75, 3.05) is 18.1 Å². The summed E-state index contributed by atoms with van der Waals surface area (Å²) >= 11 is 5.90. The normalized spacial score (nSPS) is 11.3. The minimum absolute atomic E-state index is 0.168. The highest BCUT2D eigenvalue weighted by Gasteiger charge is 2.21. The third-order valence-electron chi connectivity index (χ3n) is 4.05. The van der Waals surface area contributed by atoms with Gasteiger partial charge >= 0.3 is 5.97 Å². The number of amides is 1. The van der Waals surface area contributed by atoms with E-state index in [1.807, 2.05) is 38.1 Å². The Kier molecular flexibility index (Phi) is 8.05. The van der Waals surface area contributed by atoms with Crippen molar-refractivity contribution >= 4 is 29.2 Å². The zero-order chi connectivity index (χ0) is 21.4. The lowest BCUT2D eigenvalue weighted by atomic mass is 10.1. The fraction of sp³-hybridized carbons (Fsp3) is 0.318. The predicted molar refractivity (Wildman–Crippen MR) is 111 cm³/mol. The molecule has 2 rings (SSSR count). The first-order chi connectivity index (χ1) is 13.8. The number of ether oxygens (including phenoxy) is 2. The van der Waals surface area contributed by atoms with Gasteiger partial charge in [-0.2, -0.15) is 5.26 Å². The molecule has 0 fully saturated rings. The van der Waals surface area contributed by atoms with Gasteiger partial charge in [0.25, 0.3) is 5.91 Å². The van der Waals surface area contributed by atoms with Crippen LogP contribution >= 0.6 is 11.6 Å². The van der Waals surface area contributed by atoms with Gasteiger partial charge in [0.1, 0.15) is 5.75 Å². The van der Waals surface area contributed by atoms with E-state index in [0.29, 0.717) is 16.5 Å². The predicted octanol–water partition coefficient (Wildman–Crippen LogP) is 4.21. The summed E-state index contributed by atoms with van der Waals surface area (Å²) in [7, 11) is 0. The molecule has 0 aliphatic rings. The second kappa shape index (κ2) is 10.5. The molecule has 2 aromatic carbocycles. The van der Waals surface area contributed by atoms with E-state index in [2.05, 4.69) is 0 Å². The molecule has 0 bridgehead atoms. The molecule has 1 amide bonds. The number of nitrogens with zero attached hydrogens (tertiary/aromatic N) is 2. The molecule has 0 radical (unpaired) electrons. The van der Waals surface area contributed by atoms with Crippen LogP contribution in [0, 0.1) is 25.2 Å². The SMILES string of the molecule is Cc1cc(C)cc(N(CCC#N)C(=O)COC(=O)C(C)Oc2cccc(Cl)c2)c1. The summed E-state index contributed by atoms with van der Waals surface area (Å²) in [6, 6.07) is 14.4. The van der Waals surface area contributed by atoms with Gasteiger partial charge in [-0.3, -0.25) is 4.79 Å². The van der Waals surface area contributed by atoms with Gasteiger partial charge < -0.3 is 14.4 Å². The molecule has 6 nitrogen and oxygen atoms in total. The quantitative estimate of drug-likeness (QED) is 0.604. The first-order valence-corrected chi connectivity index (χ1v) is 9.52. The molecule has 1 atom stereocenters. The lowest BCUT2D eigenvalue weighted by molar-refractivity contribution is -0.154. The number of nitriles is 1. The molecule has 0 aliphatic carbocycles. The van der Waals surface area contributed by atoms with Crippen molar-refractivity contribution in [2.45, 2.75) is 33.3 Å². The van der Waals surface area contributed by atoms with E-state index >= 15 is 0 Å². The summed E-state index contributed by atoms with van der Waals surface area (Å²) in [5.41, 5.74) is 2.66. The topological polar surface area (TPSA) is 79.6 Å². The van der Waals surface area contributed by atoms with Gasteiger partial charge in [0, 0.05) is 17.3 Å². The molecule has 0 spiro atoms. The molecule has 0 saturated heterocycles. The van der Waals surface area contributed by atoms with E-state index in [0.717, 1.165) is 11.1 Å². The van der Waals surface area contributed by atoms with E-state index in [-0.39, 0.29) is 13.0 Å². The van der Waals surface area contributed by atoms with Gasteiger partial charge in [-0.25, -0.2) is 4.79 Å². The van der Waals surface area contributed by atoms with Crippen molar-refractivity contribution < 1.29 is 19.1 Å². The van der Waals surface area contributed by atoms with Gasteiger partial charge in [0.2, 0.25) is 0 Å². The fourth-order valence-corrected chi connectivity index (χ4v) is 2.97. The van der Waals surface area contributed by atoms with Gasteiger partial charge in [0.05, 0.1) is 12.5 Å². The number of aryl methyl sites for hydroxylation is 2. The average Bonchev–Trinajstić information content (AvgIpc) is 2.65. The summed E-state index contributed by atoms with van der Waals surface area (Å²) in [5, 5.41) is 9.39. The fourth-order valence-electron chi connectivity index (χ4n) is 2.79. The Balaban J connectivity index is 2.01. The molecule has 0 heterocycles. The summed E-state index contributed by atoms with van der Waals surface area (Å²) in [6.07, 6.45) is -0.740. The Labute approximate surface area is 175 Å². The zero-order valence-corrected chi connectivity index (χ0v) is 17.4. The third kappa shape index (κ3) is 6.81. The summed E-state index contributed by atoms with van der Waals surface area (Å²) in [4.78, 5) is 26.4. The molecule has 29 heavy (non-hydrogen) atoms. The van der Waals surface area contributed by atoms with Crippen LogP contribution in [0.4, 0.5) is 5.69 Å². The Morgan fingerprint density at radius 3 is 2.48 bits per heavy atom. The number of hydrogen-bond acceptors (Lipinski definition) is 5.